The summed E-state index contributed by atoms with van der Waals surface area (Å²) in [5.74, 6) is -0.165. The van der Waals surface area contributed by atoms with Gasteiger partial charge in [-0.15, -0.1) is 0 Å². The van der Waals surface area contributed by atoms with E-state index in [-0.39, 0.29) is 24.3 Å². The molecule has 26 heavy (non-hydrogen) atoms. The molecule has 0 aliphatic rings. The number of anilines is 2. The molecule has 7 heteroatoms. The molecule has 2 aromatic carbocycles. The van der Waals surface area contributed by atoms with Gasteiger partial charge in [0, 0.05) is 30.9 Å². The summed E-state index contributed by atoms with van der Waals surface area (Å²) in [6.45, 7) is 1.29. The number of ether oxygens (including phenoxy) is 1. The van der Waals surface area contributed by atoms with Crippen LogP contribution in [0.4, 0.5) is 11.4 Å². The molecule has 0 bridgehead atoms. The third-order valence-electron chi connectivity index (χ3n) is 3.53. The van der Waals surface area contributed by atoms with Gasteiger partial charge in [0.15, 0.2) is 0 Å². The monoisotopic (exact) mass is 355 g/mol. The van der Waals surface area contributed by atoms with Crippen LogP contribution in [0.1, 0.15) is 17.3 Å². The normalized spacial score (nSPS) is 9.96. The molecule has 0 heterocycles. The zero-order chi connectivity index (χ0) is 19.1. The van der Waals surface area contributed by atoms with Gasteiger partial charge in [-0.3, -0.25) is 14.4 Å². The fourth-order valence-corrected chi connectivity index (χ4v) is 2.32. The van der Waals surface area contributed by atoms with Crippen LogP contribution in [0, 0.1) is 0 Å². The Morgan fingerprint density at radius 2 is 1.69 bits per heavy atom. The molecule has 0 saturated heterocycles. The molecule has 2 aromatic rings. The number of hydrogen-bond acceptors (Lipinski definition) is 4. The molecule has 0 fully saturated rings. The van der Waals surface area contributed by atoms with Crippen molar-refractivity contribution in [2.45, 2.75) is 6.92 Å². The Morgan fingerprint density at radius 3 is 2.31 bits per heavy atom. The van der Waals surface area contributed by atoms with E-state index in [1.54, 1.807) is 62.7 Å². The molecule has 2 N–H and O–H groups in total. The van der Waals surface area contributed by atoms with Crippen LogP contribution in [-0.2, 0) is 9.59 Å². The number of nitrogens with zero attached hydrogens (tertiary/aromatic N) is 1. The van der Waals surface area contributed by atoms with E-state index in [0.29, 0.717) is 22.7 Å². The highest BCUT2D eigenvalue weighted by Crippen LogP contribution is 2.15. The highest BCUT2D eigenvalue weighted by Gasteiger charge is 2.15. The number of rotatable bonds is 6. The van der Waals surface area contributed by atoms with Crippen LogP contribution in [0.15, 0.2) is 48.5 Å². The maximum Gasteiger partial charge on any atom is 0.254 e. The lowest BCUT2D eigenvalue weighted by Gasteiger charge is -2.17. The first-order valence-corrected chi connectivity index (χ1v) is 7.96. The minimum atomic E-state index is -0.318. The maximum atomic E-state index is 12.5. The summed E-state index contributed by atoms with van der Waals surface area (Å²) in [5, 5.41) is 5.35. The smallest absolute Gasteiger partial charge is 0.254 e. The van der Waals surface area contributed by atoms with Crippen molar-refractivity contribution in [1.82, 2.24) is 4.90 Å². The van der Waals surface area contributed by atoms with E-state index in [9.17, 15) is 14.4 Å². The van der Waals surface area contributed by atoms with E-state index in [0.717, 1.165) is 0 Å². The number of carbonyl (C=O) groups excluding carboxylic acids is 3. The molecule has 2 rings (SSSR count). The SMILES string of the molecule is COc1ccc(NC(=O)CN(C)C(=O)c2cccc(NC(C)=O)c2)cc1. The summed E-state index contributed by atoms with van der Waals surface area (Å²) in [7, 11) is 3.11. The Bertz CT molecular complexity index is 803. The predicted molar refractivity (Wildman–Crippen MR) is 99.3 cm³/mol. The summed E-state index contributed by atoms with van der Waals surface area (Å²) < 4.78 is 5.06. The molecule has 3 amide bonds. The van der Waals surface area contributed by atoms with Crippen LogP contribution in [0.25, 0.3) is 0 Å². The number of benzene rings is 2. The number of amides is 3. The fraction of sp³-hybridized carbons (Fsp3) is 0.211. The van der Waals surface area contributed by atoms with E-state index < -0.39 is 0 Å². The van der Waals surface area contributed by atoms with Crippen LogP contribution in [-0.4, -0.2) is 43.3 Å². The lowest BCUT2D eigenvalue weighted by atomic mass is 10.1. The summed E-state index contributed by atoms with van der Waals surface area (Å²) in [6, 6.07) is 13.5. The second kappa shape index (κ2) is 8.66. The zero-order valence-corrected chi connectivity index (χ0v) is 14.9. The molecule has 136 valence electrons. The Balaban J connectivity index is 1.97. The lowest BCUT2D eigenvalue weighted by molar-refractivity contribution is -0.116. The first kappa shape index (κ1) is 19.0. The summed E-state index contributed by atoms with van der Waals surface area (Å²) >= 11 is 0. The number of nitrogens with one attached hydrogen (secondary N) is 2. The van der Waals surface area contributed by atoms with Gasteiger partial charge in [0.1, 0.15) is 5.75 Å². The van der Waals surface area contributed by atoms with E-state index in [2.05, 4.69) is 10.6 Å². The fourth-order valence-electron chi connectivity index (χ4n) is 2.32. The van der Waals surface area contributed by atoms with E-state index in [4.69, 9.17) is 4.74 Å². The maximum absolute atomic E-state index is 12.5. The van der Waals surface area contributed by atoms with E-state index in [1.807, 2.05) is 0 Å². The van der Waals surface area contributed by atoms with Gasteiger partial charge in [0.25, 0.3) is 5.91 Å². The highest BCUT2D eigenvalue weighted by atomic mass is 16.5. The number of likely N-dealkylation sites (N-methyl/N-ethyl adjacent to an activating group) is 1. The molecule has 0 unspecified atom stereocenters. The zero-order valence-electron chi connectivity index (χ0n) is 14.9. The van der Waals surface area contributed by atoms with Gasteiger partial charge in [-0.2, -0.15) is 0 Å². The van der Waals surface area contributed by atoms with Crippen LogP contribution < -0.4 is 15.4 Å². The topological polar surface area (TPSA) is 87.7 Å². The predicted octanol–water partition coefficient (Wildman–Crippen LogP) is 2.36. The van der Waals surface area contributed by atoms with Crippen molar-refractivity contribution >= 4 is 29.1 Å². The van der Waals surface area contributed by atoms with Crippen molar-refractivity contribution in [1.29, 1.82) is 0 Å². The quantitative estimate of drug-likeness (QED) is 0.833. The highest BCUT2D eigenvalue weighted by molar-refractivity contribution is 6.00. The Morgan fingerprint density at radius 1 is 1.00 bits per heavy atom. The van der Waals surface area contributed by atoms with Crippen LogP contribution in [0.2, 0.25) is 0 Å². The summed E-state index contributed by atoms with van der Waals surface area (Å²) in [6.07, 6.45) is 0. The molecular weight excluding hydrogens is 334 g/mol. The Kier molecular flexibility index (Phi) is 6.32. The molecular formula is C19H21N3O4. The average molecular weight is 355 g/mol. The lowest BCUT2D eigenvalue weighted by Crippen LogP contribution is -2.34. The van der Waals surface area contributed by atoms with Gasteiger partial charge in [0.2, 0.25) is 11.8 Å². The number of hydrogen-bond donors (Lipinski definition) is 2. The third kappa shape index (κ3) is 5.34. The number of methoxy groups -OCH3 is 1. The van der Waals surface area contributed by atoms with Crippen molar-refractivity contribution in [3.8, 4) is 5.75 Å². The van der Waals surface area contributed by atoms with Crippen LogP contribution in [0.3, 0.4) is 0 Å². The number of carbonyl (C=O) groups is 3. The van der Waals surface area contributed by atoms with E-state index >= 15 is 0 Å². The molecule has 0 aliphatic heterocycles. The minimum Gasteiger partial charge on any atom is -0.497 e. The molecule has 0 saturated carbocycles. The van der Waals surface area contributed by atoms with Crippen molar-refractivity contribution < 1.29 is 19.1 Å². The minimum absolute atomic E-state index is 0.102. The van der Waals surface area contributed by atoms with Gasteiger partial charge in [0.05, 0.1) is 13.7 Å². The van der Waals surface area contributed by atoms with Gasteiger partial charge >= 0.3 is 0 Å². The second-order valence-corrected chi connectivity index (χ2v) is 5.70. The van der Waals surface area contributed by atoms with Crippen LogP contribution in [0.5, 0.6) is 5.75 Å². The van der Waals surface area contributed by atoms with E-state index in [1.165, 1.54) is 11.8 Å². The standard InChI is InChI=1S/C19H21N3O4/c1-13(23)20-16-6-4-5-14(11-16)19(25)22(2)12-18(24)21-15-7-9-17(26-3)10-8-15/h4-11H,12H2,1-3H3,(H,20,23)(H,21,24). The third-order valence-corrected chi connectivity index (χ3v) is 3.53. The largest absolute Gasteiger partial charge is 0.497 e. The molecule has 0 radical (unpaired) electrons. The first-order valence-electron chi connectivity index (χ1n) is 7.96. The average Bonchev–Trinajstić information content (AvgIpc) is 2.61. The van der Waals surface area contributed by atoms with Gasteiger partial charge in [-0.1, -0.05) is 6.07 Å². The Hall–Kier alpha value is -3.35. The van der Waals surface area contributed by atoms with Gasteiger partial charge in [-0.05, 0) is 42.5 Å². The van der Waals surface area contributed by atoms with Crippen molar-refractivity contribution in [2.24, 2.45) is 0 Å². The second-order valence-electron chi connectivity index (χ2n) is 5.70. The van der Waals surface area contributed by atoms with Crippen molar-refractivity contribution in [3.63, 3.8) is 0 Å². The summed E-state index contributed by atoms with van der Waals surface area (Å²) in [4.78, 5) is 37.0. The molecule has 0 spiro atoms. The van der Waals surface area contributed by atoms with Crippen molar-refractivity contribution in [3.05, 3.63) is 54.1 Å². The van der Waals surface area contributed by atoms with Crippen molar-refractivity contribution in [2.75, 3.05) is 31.3 Å². The Labute approximate surface area is 152 Å². The van der Waals surface area contributed by atoms with Crippen LogP contribution >= 0.6 is 0 Å². The molecule has 7 nitrogen and oxygen atoms in total. The molecule has 0 aromatic heterocycles. The van der Waals surface area contributed by atoms with Gasteiger partial charge < -0.3 is 20.3 Å². The molecule has 0 atom stereocenters. The molecule has 0 aliphatic carbocycles. The first-order chi connectivity index (χ1) is 12.4. The summed E-state index contributed by atoms with van der Waals surface area (Å²) in [5.41, 5.74) is 1.53. The van der Waals surface area contributed by atoms with Gasteiger partial charge in [-0.25, -0.2) is 0 Å².